The summed E-state index contributed by atoms with van der Waals surface area (Å²) in [5, 5.41) is 14.3. The van der Waals surface area contributed by atoms with E-state index in [1.807, 2.05) is 27.8 Å². The minimum Gasteiger partial charge on any atom is -0.504 e. The van der Waals surface area contributed by atoms with Crippen molar-refractivity contribution in [1.29, 1.82) is 0 Å². The summed E-state index contributed by atoms with van der Waals surface area (Å²) >= 11 is 0. The van der Waals surface area contributed by atoms with Crippen LogP contribution in [0.15, 0.2) is 54.5 Å². The number of hydrogen-bond donors (Lipinski definition) is 4. The molecule has 0 amide bonds. The number of allylic oxidation sites excluding steroid dienone is 2. The number of hydrogen-bond acceptors (Lipinski definition) is 9. The highest BCUT2D eigenvalue weighted by Gasteiger charge is 2.59. The highest BCUT2D eigenvalue weighted by atomic mass is 33.1. The molecular weight excluding hydrogens is 605 g/mol. The first kappa shape index (κ1) is 31.8. The largest absolute Gasteiger partial charge is 0.504 e. The lowest BCUT2D eigenvalue weighted by atomic mass is 9.76. The Morgan fingerprint density at radius 2 is 2.04 bits per heavy atom. The Balaban J connectivity index is 1.45. The van der Waals surface area contributed by atoms with Crippen LogP contribution in [0, 0.1) is 11.8 Å². The third-order valence-corrected chi connectivity index (χ3v) is 13.0. The van der Waals surface area contributed by atoms with Gasteiger partial charge in [-0.3, -0.25) is 14.5 Å². The van der Waals surface area contributed by atoms with E-state index in [1.54, 1.807) is 18.2 Å². The van der Waals surface area contributed by atoms with Crippen LogP contribution >= 0.6 is 21.6 Å². The lowest BCUT2D eigenvalue weighted by Gasteiger charge is -2.46. The van der Waals surface area contributed by atoms with E-state index in [9.17, 15) is 14.7 Å². The summed E-state index contributed by atoms with van der Waals surface area (Å²) in [7, 11) is 5.30. The topological polar surface area (TPSA) is 119 Å². The van der Waals surface area contributed by atoms with Crippen LogP contribution < -0.4 is 20.7 Å². The van der Waals surface area contributed by atoms with Gasteiger partial charge in [0.05, 0.1) is 25.0 Å². The number of carbonyl (C=O) groups is 2. The predicted octanol–water partition coefficient (Wildman–Crippen LogP) is 5.15. The van der Waals surface area contributed by atoms with Crippen LogP contribution in [0.2, 0.25) is 0 Å². The van der Waals surface area contributed by atoms with E-state index in [0.29, 0.717) is 36.2 Å². The van der Waals surface area contributed by atoms with Gasteiger partial charge in [-0.2, -0.15) is 0 Å². The number of ketones is 2. The van der Waals surface area contributed by atoms with Gasteiger partial charge >= 0.3 is 0 Å². The molecule has 1 fully saturated rings. The Kier molecular flexibility index (Phi) is 9.63. The molecule has 1 aromatic heterocycles. The molecule has 2 bridgehead atoms. The number of Topliss-reactive ketones (excluding diaryl/α,β-unsaturated/α-hetero) is 1. The molecule has 0 radical (unpaired) electrons. The number of carbonyl (C=O) groups excluding carboxylic acids is 2. The van der Waals surface area contributed by atoms with Crippen LogP contribution in [0.3, 0.4) is 0 Å². The van der Waals surface area contributed by atoms with Gasteiger partial charge in [-0.1, -0.05) is 47.1 Å². The summed E-state index contributed by atoms with van der Waals surface area (Å²) in [4.78, 5) is 31.8. The van der Waals surface area contributed by atoms with Gasteiger partial charge in [0, 0.05) is 36.3 Å². The number of aromatic hydroxyl groups is 1. The molecule has 1 aliphatic carbocycles. The minimum absolute atomic E-state index is 0.0248. The van der Waals surface area contributed by atoms with Crippen LogP contribution in [0.5, 0.6) is 11.5 Å². The molecule has 1 aromatic carbocycles. The molecule has 4 aliphatic rings. The van der Waals surface area contributed by atoms with Crippen molar-refractivity contribution in [3.8, 4) is 11.5 Å². The van der Waals surface area contributed by atoms with Crippen molar-refractivity contribution in [3.63, 3.8) is 0 Å². The summed E-state index contributed by atoms with van der Waals surface area (Å²) in [6.07, 6.45) is 17.8. The van der Waals surface area contributed by atoms with Gasteiger partial charge < -0.3 is 20.9 Å². The average molecular weight is 648 g/mol. The van der Waals surface area contributed by atoms with E-state index < -0.39 is 0 Å². The van der Waals surface area contributed by atoms with Gasteiger partial charge in [0.1, 0.15) is 22.8 Å². The lowest BCUT2D eigenvalue weighted by Crippen LogP contribution is -3.20. The van der Waals surface area contributed by atoms with E-state index in [1.165, 1.54) is 30.2 Å². The number of phenolic OH excluding ortho intramolecular Hbond substituents is 1. The second-order valence-corrected chi connectivity index (χ2v) is 15.2. The molecule has 4 heterocycles. The summed E-state index contributed by atoms with van der Waals surface area (Å²) < 4.78 is 5.38. The Bertz CT molecular complexity index is 1560. The number of pyridine rings is 1. The van der Waals surface area contributed by atoms with Crippen molar-refractivity contribution in [2.24, 2.45) is 11.8 Å². The maximum Gasteiger partial charge on any atom is 0.163 e. The second kappa shape index (κ2) is 13.6. The molecule has 45 heavy (non-hydrogen) atoms. The number of rotatable bonds is 3. The first-order valence-electron chi connectivity index (χ1n) is 16.0. The fraction of sp³-hybridized carbons (Fsp3) is 0.457. The molecular formula is C35H43N4O4S2+. The average Bonchev–Trinajstić information content (AvgIpc) is 3.69. The molecule has 5 unspecified atom stereocenters. The first-order valence-corrected chi connectivity index (χ1v) is 18.3. The molecule has 5 N–H and O–H groups in total. The van der Waals surface area contributed by atoms with Gasteiger partial charge in [-0.25, -0.2) is 4.98 Å². The fourth-order valence-electron chi connectivity index (χ4n) is 7.52. The number of fused-ring (bicyclic) bond motifs is 6. The van der Waals surface area contributed by atoms with E-state index in [2.05, 4.69) is 36.7 Å². The molecule has 0 saturated heterocycles. The number of ether oxygens (including phenoxy) is 1. The molecule has 3 aliphatic heterocycles. The quantitative estimate of drug-likeness (QED) is 0.265. The third-order valence-electron chi connectivity index (χ3n) is 10.0. The molecule has 8 nitrogen and oxygen atoms in total. The molecule has 238 valence electrons. The maximum atomic E-state index is 12.8. The second-order valence-electron chi connectivity index (χ2n) is 12.7. The first-order chi connectivity index (χ1) is 21.8. The number of nitrogens with two attached hydrogens (primary N) is 1. The molecule has 6 rings (SSSR count). The van der Waals surface area contributed by atoms with Gasteiger partial charge in [-0.05, 0) is 78.6 Å². The number of nitrogens with zero attached hydrogens (tertiary/aromatic N) is 1. The fourth-order valence-corrected chi connectivity index (χ4v) is 11.3. The van der Waals surface area contributed by atoms with Gasteiger partial charge in [-0.15, -0.1) is 0 Å². The van der Waals surface area contributed by atoms with Gasteiger partial charge in [0.2, 0.25) is 0 Å². The number of benzene rings is 1. The van der Waals surface area contributed by atoms with Crippen LogP contribution in [0.1, 0.15) is 79.4 Å². The SMILES string of the molecule is CCC1CCC(=O)CC(=O)C=Cc2cc(OC)c(O)cc2Cc2cnc(N)c(c2)C(C23CCCC2C=CC2=CNC[NH+]23)SSC1. The molecule has 0 spiro atoms. The third kappa shape index (κ3) is 6.42. The zero-order valence-corrected chi connectivity index (χ0v) is 27.6. The molecule has 1 saturated carbocycles. The van der Waals surface area contributed by atoms with E-state index in [-0.39, 0.29) is 34.5 Å². The number of methoxy groups -OCH3 is 1. The minimum atomic E-state index is -0.226. The Morgan fingerprint density at radius 3 is 2.87 bits per heavy atom. The Hall–Kier alpha value is -3.21. The molecule has 5 atom stereocenters. The van der Waals surface area contributed by atoms with Crippen molar-refractivity contribution in [2.45, 2.75) is 69.1 Å². The Labute approximate surface area is 273 Å². The number of nitrogen functional groups attached to an aromatic ring is 1. The van der Waals surface area contributed by atoms with Crippen LogP contribution in [-0.2, 0) is 16.0 Å². The van der Waals surface area contributed by atoms with Crippen LogP contribution in [0.4, 0.5) is 5.82 Å². The summed E-state index contributed by atoms with van der Waals surface area (Å²) in [5.74, 6) is 2.38. The lowest BCUT2D eigenvalue weighted by molar-refractivity contribution is -0.915. The highest BCUT2D eigenvalue weighted by Crippen LogP contribution is 2.55. The zero-order chi connectivity index (χ0) is 31.6. The van der Waals surface area contributed by atoms with Gasteiger partial charge in [0.15, 0.2) is 24.0 Å². The van der Waals surface area contributed by atoms with Crippen molar-refractivity contribution < 1.29 is 24.3 Å². The highest BCUT2D eigenvalue weighted by molar-refractivity contribution is 8.76. The van der Waals surface area contributed by atoms with Crippen LogP contribution in [0.25, 0.3) is 6.08 Å². The van der Waals surface area contributed by atoms with Crippen molar-refractivity contribution in [2.75, 3.05) is 25.3 Å². The van der Waals surface area contributed by atoms with E-state index in [0.717, 1.165) is 60.4 Å². The van der Waals surface area contributed by atoms with Crippen LogP contribution in [-0.4, -0.2) is 46.7 Å². The number of nitrogens with one attached hydrogen (secondary N) is 2. The summed E-state index contributed by atoms with van der Waals surface area (Å²) in [6.45, 7) is 3.03. The number of aromatic nitrogens is 1. The number of anilines is 1. The monoisotopic (exact) mass is 647 g/mol. The smallest absolute Gasteiger partial charge is 0.163 e. The van der Waals surface area contributed by atoms with E-state index in [4.69, 9.17) is 15.5 Å². The molecule has 2 aromatic rings. The van der Waals surface area contributed by atoms with Gasteiger partial charge in [0.25, 0.3) is 0 Å². The van der Waals surface area contributed by atoms with Crippen molar-refractivity contribution in [1.82, 2.24) is 10.3 Å². The number of quaternary nitrogens is 1. The standard InChI is InChI=1S/C35H42N4O4S2/c1-3-22-6-10-28(40)17-29(41)11-7-24-16-32(43-2)31(42)15-25(24)13-23-14-30(34(36)38-18-23)33(45-44-20-22)35-12-4-5-26(35)8-9-27-19-37-21-39(27)35/h7-9,11,14-16,18-19,22,26,33,37,42H,3-6,10,12-13,17,20-21H2,1-2H3,(H2,36,38)/p+1. The maximum absolute atomic E-state index is 12.8. The summed E-state index contributed by atoms with van der Waals surface area (Å²) in [5.41, 5.74) is 11.6. The van der Waals surface area contributed by atoms with Crippen molar-refractivity contribution >= 4 is 45.0 Å². The van der Waals surface area contributed by atoms with E-state index >= 15 is 0 Å². The Morgan fingerprint density at radius 1 is 1.18 bits per heavy atom. The number of phenols is 1. The van der Waals surface area contributed by atoms with Crippen molar-refractivity contribution in [3.05, 3.63) is 76.8 Å². The summed E-state index contributed by atoms with van der Waals surface area (Å²) in [6, 6.07) is 5.63. The zero-order valence-electron chi connectivity index (χ0n) is 26.0. The predicted molar refractivity (Wildman–Crippen MR) is 182 cm³/mol. The normalized spacial score (nSPS) is 28.7. The molecule has 10 heteroatoms.